The quantitative estimate of drug-likeness (QED) is 0.249. The fourth-order valence-corrected chi connectivity index (χ4v) is 3.00. The van der Waals surface area contributed by atoms with Gasteiger partial charge in [-0.15, -0.1) is 0 Å². The summed E-state index contributed by atoms with van der Waals surface area (Å²) in [6, 6.07) is 7.25. The molecule has 0 aliphatic heterocycles. The van der Waals surface area contributed by atoms with Gasteiger partial charge in [0.2, 0.25) is 0 Å². The van der Waals surface area contributed by atoms with Crippen molar-refractivity contribution in [1.29, 1.82) is 0 Å². The number of ether oxygens (including phenoxy) is 2. The molecule has 0 fully saturated rings. The highest BCUT2D eigenvalue weighted by Gasteiger charge is 2.12. The molecule has 0 spiro atoms. The van der Waals surface area contributed by atoms with Gasteiger partial charge in [-0.25, -0.2) is 4.79 Å². The number of rotatable bonds is 17. The van der Waals surface area contributed by atoms with E-state index >= 15 is 0 Å². The first-order valence-electron chi connectivity index (χ1n) is 11.3. The molecular weight excluding hydrogens is 366 g/mol. The SMILES string of the molecule is CCCCCCCCCCOC(=O)c1ccccc1NCCC(=O)OCCCC. The van der Waals surface area contributed by atoms with Crippen molar-refractivity contribution in [3.05, 3.63) is 29.8 Å². The number of esters is 2. The van der Waals surface area contributed by atoms with E-state index in [2.05, 4.69) is 19.2 Å². The molecule has 0 unspecified atom stereocenters. The molecule has 0 amide bonds. The second-order valence-corrected chi connectivity index (χ2v) is 7.41. The Kier molecular flexibility index (Phi) is 14.5. The fourth-order valence-electron chi connectivity index (χ4n) is 3.00. The standard InChI is InChI=1S/C24H39NO4/c1-3-5-7-8-9-10-11-14-20-29-24(27)21-15-12-13-16-22(21)25-18-17-23(26)28-19-6-4-2/h12-13,15-16,25H,3-11,14,17-20H2,1-2H3. The van der Waals surface area contributed by atoms with Crippen LogP contribution in [0.2, 0.25) is 0 Å². The Hall–Kier alpha value is -2.04. The molecule has 0 aromatic heterocycles. The average Bonchev–Trinajstić information content (AvgIpc) is 2.73. The first kappa shape index (κ1) is 25.0. The fraction of sp³-hybridized carbons (Fsp3) is 0.667. The van der Waals surface area contributed by atoms with E-state index in [-0.39, 0.29) is 18.4 Å². The van der Waals surface area contributed by atoms with Crippen LogP contribution >= 0.6 is 0 Å². The molecule has 0 atom stereocenters. The molecule has 1 rings (SSSR count). The third-order valence-electron chi connectivity index (χ3n) is 4.78. The van der Waals surface area contributed by atoms with E-state index in [1.807, 2.05) is 18.2 Å². The maximum absolute atomic E-state index is 12.4. The zero-order valence-electron chi connectivity index (χ0n) is 18.3. The molecule has 1 aromatic rings. The Labute approximate surface area is 176 Å². The van der Waals surface area contributed by atoms with Crippen molar-refractivity contribution in [2.45, 2.75) is 84.5 Å². The highest BCUT2D eigenvalue weighted by Crippen LogP contribution is 2.17. The lowest BCUT2D eigenvalue weighted by Gasteiger charge is -2.12. The molecule has 1 aromatic carbocycles. The number of carbonyl (C=O) groups is 2. The van der Waals surface area contributed by atoms with Crippen LogP contribution in [0.15, 0.2) is 24.3 Å². The maximum atomic E-state index is 12.4. The Bertz CT molecular complexity index is 574. The Morgan fingerprint density at radius 1 is 0.793 bits per heavy atom. The Balaban J connectivity index is 2.26. The van der Waals surface area contributed by atoms with Gasteiger partial charge in [0, 0.05) is 12.2 Å². The van der Waals surface area contributed by atoms with Gasteiger partial charge in [-0.2, -0.15) is 0 Å². The molecule has 1 N–H and O–H groups in total. The largest absolute Gasteiger partial charge is 0.466 e. The normalized spacial score (nSPS) is 10.6. The van der Waals surface area contributed by atoms with Crippen LogP contribution in [0.3, 0.4) is 0 Å². The van der Waals surface area contributed by atoms with E-state index in [0.29, 0.717) is 31.0 Å². The maximum Gasteiger partial charge on any atom is 0.340 e. The lowest BCUT2D eigenvalue weighted by molar-refractivity contribution is -0.143. The number of carbonyl (C=O) groups excluding carboxylic acids is 2. The zero-order chi connectivity index (χ0) is 21.2. The van der Waals surface area contributed by atoms with Crippen LogP contribution in [0, 0.1) is 0 Å². The summed E-state index contributed by atoms with van der Waals surface area (Å²) in [6.07, 6.45) is 11.8. The third kappa shape index (κ3) is 12.2. The Morgan fingerprint density at radius 2 is 1.41 bits per heavy atom. The van der Waals surface area contributed by atoms with Crippen LogP contribution in [-0.2, 0) is 14.3 Å². The number of unbranched alkanes of at least 4 members (excludes halogenated alkanes) is 8. The van der Waals surface area contributed by atoms with E-state index in [4.69, 9.17) is 9.47 Å². The number of anilines is 1. The predicted molar refractivity (Wildman–Crippen MR) is 118 cm³/mol. The molecule has 0 saturated carbocycles. The molecule has 0 radical (unpaired) electrons. The number of hydrogen-bond donors (Lipinski definition) is 1. The van der Waals surface area contributed by atoms with Crippen LogP contribution in [0.1, 0.15) is 94.8 Å². The molecule has 0 saturated heterocycles. The molecular formula is C24H39NO4. The number of benzene rings is 1. The molecule has 0 aliphatic rings. The van der Waals surface area contributed by atoms with Gasteiger partial charge < -0.3 is 14.8 Å². The van der Waals surface area contributed by atoms with Crippen LogP contribution in [0.25, 0.3) is 0 Å². The summed E-state index contributed by atoms with van der Waals surface area (Å²) in [5, 5.41) is 3.15. The minimum Gasteiger partial charge on any atom is -0.466 e. The summed E-state index contributed by atoms with van der Waals surface area (Å²) >= 11 is 0. The van der Waals surface area contributed by atoms with E-state index in [1.165, 1.54) is 38.5 Å². The third-order valence-corrected chi connectivity index (χ3v) is 4.78. The van der Waals surface area contributed by atoms with Crippen LogP contribution < -0.4 is 5.32 Å². The second-order valence-electron chi connectivity index (χ2n) is 7.41. The number of hydrogen-bond acceptors (Lipinski definition) is 5. The molecule has 164 valence electrons. The molecule has 0 bridgehead atoms. The predicted octanol–water partition coefficient (Wildman–Crippen LogP) is 6.13. The smallest absolute Gasteiger partial charge is 0.340 e. The van der Waals surface area contributed by atoms with Crippen molar-refractivity contribution in [3.8, 4) is 0 Å². The van der Waals surface area contributed by atoms with E-state index < -0.39 is 0 Å². The van der Waals surface area contributed by atoms with Crippen molar-refractivity contribution >= 4 is 17.6 Å². The summed E-state index contributed by atoms with van der Waals surface area (Å²) in [5.74, 6) is -0.540. The second kappa shape index (κ2) is 16.9. The summed E-state index contributed by atoms with van der Waals surface area (Å²) in [5.41, 5.74) is 1.20. The van der Waals surface area contributed by atoms with Gasteiger partial charge >= 0.3 is 11.9 Å². The average molecular weight is 406 g/mol. The van der Waals surface area contributed by atoms with Crippen LogP contribution in [0.5, 0.6) is 0 Å². The highest BCUT2D eigenvalue weighted by atomic mass is 16.5. The van der Waals surface area contributed by atoms with Gasteiger partial charge in [0.15, 0.2) is 0 Å². The number of para-hydroxylation sites is 1. The highest BCUT2D eigenvalue weighted by molar-refractivity contribution is 5.95. The van der Waals surface area contributed by atoms with Gasteiger partial charge in [-0.3, -0.25) is 4.79 Å². The lowest BCUT2D eigenvalue weighted by atomic mass is 10.1. The van der Waals surface area contributed by atoms with Crippen molar-refractivity contribution in [1.82, 2.24) is 0 Å². The first-order chi connectivity index (χ1) is 14.2. The summed E-state index contributed by atoms with van der Waals surface area (Å²) in [6.45, 7) is 5.63. The van der Waals surface area contributed by atoms with Gasteiger partial charge in [0.1, 0.15) is 0 Å². The Morgan fingerprint density at radius 3 is 2.14 bits per heavy atom. The molecule has 5 nitrogen and oxygen atoms in total. The number of nitrogens with one attached hydrogen (secondary N) is 1. The minimum atomic E-state index is -0.318. The molecule has 29 heavy (non-hydrogen) atoms. The van der Waals surface area contributed by atoms with Crippen molar-refractivity contribution in [2.24, 2.45) is 0 Å². The summed E-state index contributed by atoms with van der Waals surface area (Å²) < 4.78 is 10.6. The molecule has 5 heteroatoms. The van der Waals surface area contributed by atoms with Crippen molar-refractivity contribution in [3.63, 3.8) is 0 Å². The van der Waals surface area contributed by atoms with E-state index in [0.717, 1.165) is 25.7 Å². The summed E-state index contributed by atoms with van der Waals surface area (Å²) in [4.78, 5) is 24.1. The molecule has 0 heterocycles. The molecule has 0 aliphatic carbocycles. The van der Waals surface area contributed by atoms with E-state index in [9.17, 15) is 9.59 Å². The monoisotopic (exact) mass is 405 g/mol. The van der Waals surface area contributed by atoms with Crippen LogP contribution in [-0.4, -0.2) is 31.7 Å². The topological polar surface area (TPSA) is 64.6 Å². The minimum absolute atomic E-state index is 0.222. The van der Waals surface area contributed by atoms with E-state index in [1.54, 1.807) is 6.07 Å². The van der Waals surface area contributed by atoms with Gasteiger partial charge in [0.05, 0.1) is 25.2 Å². The van der Waals surface area contributed by atoms with Crippen molar-refractivity contribution in [2.75, 3.05) is 25.1 Å². The van der Waals surface area contributed by atoms with Gasteiger partial charge in [-0.1, -0.05) is 77.3 Å². The summed E-state index contributed by atoms with van der Waals surface area (Å²) in [7, 11) is 0. The van der Waals surface area contributed by atoms with Crippen LogP contribution in [0.4, 0.5) is 5.69 Å². The van der Waals surface area contributed by atoms with Crippen molar-refractivity contribution < 1.29 is 19.1 Å². The lowest BCUT2D eigenvalue weighted by Crippen LogP contribution is -2.15. The van der Waals surface area contributed by atoms with Gasteiger partial charge in [-0.05, 0) is 25.0 Å². The zero-order valence-corrected chi connectivity index (χ0v) is 18.3. The van der Waals surface area contributed by atoms with Gasteiger partial charge in [0.25, 0.3) is 0 Å². The first-order valence-corrected chi connectivity index (χ1v) is 11.3.